The minimum absolute atomic E-state index is 0.135. The Balaban J connectivity index is 1.44. The summed E-state index contributed by atoms with van der Waals surface area (Å²) in [5, 5.41) is 1.21. The number of carbonyl (C=O) groups excluding carboxylic acids is 1. The third-order valence-electron chi connectivity index (χ3n) is 6.14. The standard InChI is InChI=1S/C25H23N3O3/c1-15-23-19(18-5-3-4-6-22(18)26-23)13-14-28(15)25(30)20-11-12-21(27-24(20)29)16-7-9-17(31-2)10-8-16/h3-12,15,26H,13-14H2,1-2H3,(H,27,29)/t15-/m1/s1. The quantitative estimate of drug-likeness (QED) is 0.526. The van der Waals surface area contributed by atoms with E-state index in [2.05, 4.69) is 22.1 Å². The predicted molar refractivity (Wildman–Crippen MR) is 121 cm³/mol. The maximum Gasteiger partial charge on any atom is 0.261 e. The first-order valence-corrected chi connectivity index (χ1v) is 10.3. The van der Waals surface area contributed by atoms with E-state index in [1.54, 1.807) is 24.1 Å². The van der Waals surface area contributed by atoms with Crippen molar-refractivity contribution in [3.63, 3.8) is 0 Å². The van der Waals surface area contributed by atoms with Crippen LogP contribution < -0.4 is 10.3 Å². The van der Waals surface area contributed by atoms with Crippen LogP contribution in [0.1, 0.15) is 34.6 Å². The number of carbonyl (C=O) groups is 1. The Morgan fingerprint density at radius 3 is 2.55 bits per heavy atom. The number of nitrogens with one attached hydrogen (secondary N) is 2. The van der Waals surface area contributed by atoms with Crippen LogP contribution in [0.25, 0.3) is 22.2 Å². The summed E-state index contributed by atoms with van der Waals surface area (Å²) in [7, 11) is 1.61. The maximum absolute atomic E-state index is 13.3. The molecule has 2 aromatic heterocycles. The first kappa shape index (κ1) is 19.2. The molecule has 1 amide bonds. The van der Waals surface area contributed by atoms with Crippen LogP contribution in [0, 0.1) is 0 Å². The zero-order chi connectivity index (χ0) is 21.5. The van der Waals surface area contributed by atoms with Crippen LogP contribution in [-0.4, -0.2) is 34.4 Å². The lowest BCUT2D eigenvalue weighted by Crippen LogP contribution is -2.41. The second-order valence-corrected chi connectivity index (χ2v) is 7.83. The summed E-state index contributed by atoms with van der Waals surface area (Å²) in [4.78, 5) is 34.1. The number of para-hydroxylation sites is 1. The molecular weight excluding hydrogens is 390 g/mol. The Morgan fingerprint density at radius 2 is 1.81 bits per heavy atom. The number of ether oxygens (including phenoxy) is 1. The molecule has 31 heavy (non-hydrogen) atoms. The number of hydrogen-bond acceptors (Lipinski definition) is 3. The first-order valence-electron chi connectivity index (χ1n) is 10.3. The van der Waals surface area contributed by atoms with Gasteiger partial charge in [-0.15, -0.1) is 0 Å². The molecule has 2 aromatic carbocycles. The summed E-state index contributed by atoms with van der Waals surface area (Å²) < 4.78 is 5.18. The van der Waals surface area contributed by atoms with E-state index in [1.165, 1.54) is 10.9 Å². The molecule has 4 aromatic rings. The second kappa shape index (κ2) is 7.47. The number of fused-ring (bicyclic) bond motifs is 3. The van der Waals surface area contributed by atoms with Crippen molar-refractivity contribution in [3.05, 3.63) is 87.8 Å². The number of methoxy groups -OCH3 is 1. The van der Waals surface area contributed by atoms with E-state index < -0.39 is 0 Å². The van der Waals surface area contributed by atoms with Gasteiger partial charge in [-0.05, 0) is 66.9 Å². The van der Waals surface area contributed by atoms with Gasteiger partial charge in [-0.2, -0.15) is 0 Å². The molecule has 3 heterocycles. The Hall–Kier alpha value is -3.80. The van der Waals surface area contributed by atoms with Crippen LogP contribution in [-0.2, 0) is 6.42 Å². The number of aromatic nitrogens is 2. The second-order valence-electron chi connectivity index (χ2n) is 7.83. The molecule has 0 fully saturated rings. The highest BCUT2D eigenvalue weighted by atomic mass is 16.5. The molecule has 0 bridgehead atoms. The van der Waals surface area contributed by atoms with Gasteiger partial charge >= 0.3 is 0 Å². The first-order chi connectivity index (χ1) is 15.1. The highest BCUT2D eigenvalue weighted by Gasteiger charge is 2.31. The zero-order valence-corrected chi connectivity index (χ0v) is 17.4. The van der Waals surface area contributed by atoms with Crippen LogP contribution >= 0.6 is 0 Å². The fourth-order valence-corrected chi connectivity index (χ4v) is 4.44. The summed E-state index contributed by atoms with van der Waals surface area (Å²) in [5.74, 6) is 0.493. The zero-order valence-electron chi connectivity index (χ0n) is 17.4. The lowest BCUT2D eigenvalue weighted by Gasteiger charge is -2.33. The van der Waals surface area contributed by atoms with Crippen molar-refractivity contribution in [1.82, 2.24) is 14.9 Å². The smallest absolute Gasteiger partial charge is 0.261 e. The molecule has 2 N–H and O–H groups in total. The number of nitrogens with zero attached hydrogens (tertiary/aromatic N) is 1. The molecular formula is C25H23N3O3. The van der Waals surface area contributed by atoms with Gasteiger partial charge in [0.2, 0.25) is 0 Å². The van der Waals surface area contributed by atoms with Crippen LogP contribution in [0.3, 0.4) is 0 Å². The van der Waals surface area contributed by atoms with Crippen molar-refractivity contribution >= 4 is 16.8 Å². The van der Waals surface area contributed by atoms with Crippen molar-refractivity contribution in [2.45, 2.75) is 19.4 Å². The molecule has 6 nitrogen and oxygen atoms in total. The number of rotatable bonds is 3. The number of amides is 1. The molecule has 6 heteroatoms. The number of benzene rings is 2. The van der Waals surface area contributed by atoms with Crippen molar-refractivity contribution in [1.29, 1.82) is 0 Å². The fourth-order valence-electron chi connectivity index (χ4n) is 4.44. The summed E-state index contributed by atoms with van der Waals surface area (Å²) >= 11 is 0. The van der Waals surface area contributed by atoms with Gasteiger partial charge in [0.25, 0.3) is 11.5 Å². The van der Waals surface area contributed by atoms with Crippen molar-refractivity contribution in [3.8, 4) is 17.0 Å². The lowest BCUT2D eigenvalue weighted by atomic mass is 9.97. The van der Waals surface area contributed by atoms with Crippen LogP contribution in [0.15, 0.2) is 65.5 Å². The molecule has 0 unspecified atom stereocenters. The lowest BCUT2D eigenvalue weighted by molar-refractivity contribution is 0.0673. The molecule has 0 spiro atoms. The third-order valence-corrected chi connectivity index (χ3v) is 6.14. The van der Waals surface area contributed by atoms with Crippen molar-refractivity contribution in [2.24, 2.45) is 0 Å². The molecule has 1 atom stereocenters. The van der Waals surface area contributed by atoms with Crippen molar-refractivity contribution in [2.75, 3.05) is 13.7 Å². The fraction of sp³-hybridized carbons (Fsp3) is 0.200. The summed E-state index contributed by atoms with van der Waals surface area (Å²) in [6, 6.07) is 18.9. The minimum atomic E-state index is -0.382. The van der Waals surface area contributed by atoms with E-state index in [0.717, 1.165) is 28.9 Å². The van der Waals surface area contributed by atoms with Gasteiger partial charge in [0, 0.05) is 28.8 Å². The number of pyridine rings is 1. The van der Waals surface area contributed by atoms with Gasteiger partial charge in [-0.3, -0.25) is 9.59 Å². The van der Waals surface area contributed by atoms with Gasteiger partial charge in [0.15, 0.2) is 0 Å². The van der Waals surface area contributed by atoms with Gasteiger partial charge in [-0.25, -0.2) is 0 Å². The van der Waals surface area contributed by atoms with Gasteiger partial charge in [-0.1, -0.05) is 18.2 Å². The van der Waals surface area contributed by atoms with E-state index in [4.69, 9.17) is 4.74 Å². The highest BCUT2D eigenvalue weighted by Crippen LogP contribution is 2.34. The monoisotopic (exact) mass is 413 g/mol. The highest BCUT2D eigenvalue weighted by molar-refractivity contribution is 5.95. The van der Waals surface area contributed by atoms with E-state index in [0.29, 0.717) is 12.2 Å². The van der Waals surface area contributed by atoms with E-state index >= 15 is 0 Å². The molecule has 156 valence electrons. The Kier molecular flexibility index (Phi) is 4.62. The Bertz CT molecular complexity index is 1330. The number of aromatic amines is 2. The molecule has 0 aliphatic carbocycles. The molecule has 0 saturated carbocycles. The van der Waals surface area contributed by atoms with Crippen molar-refractivity contribution < 1.29 is 9.53 Å². The van der Waals surface area contributed by atoms with Crippen LogP contribution in [0.2, 0.25) is 0 Å². The Morgan fingerprint density at radius 1 is 1.03 bits per heavy atom. The normalized spacial score (nSPS) is 15.7. The number of hydrogen-bond donors (Lipinski definition) is 2. The van der Waals surface area contributed by atoms with Gasteiger partial charge in [0.1, 0.15) is 11.3 Å². The number of H-pyrrole nitrogens is 2. The molecule has 1 aliphatic rings. The predicted octanol–water partition coefficient (Wildman–Crippen LogP) is 4.29. The topological polar surface area (TPSA) is 78.2 Å². The largest absolute Gasteiger partial charge is 0.497 e. The molecule has 5 rings (SSSR count). The Labute approximate surface area is 179 Å². The molecule has 0 saturated heterocycles. The SMILES string of the molecule is COc1ccc(-c2ccc(C(=O)N3CCc4c([nH]c5ccccc45)[C@H]3C)c(=O)[nH]2)cc1. The average molecular weight is 413 g/mol. The maximum atomic E-state index is 13.3. The van der Waals surface area contributed by atoms with E-state index in [1.807, 2.05) is 43.3 Å². The summed E-state index contributed by atoms with van der Waals surface area (Å²) in [6.07, 6.45) is 0.761. The van der Waals surface area contributed by atoms with E-state index in [9.17, 15) is 9.59 Å². The summed E-state index contributed by atoms with van der Waals surface area (Å²) in [6.45, 7) is 2.58. The molecule has 1 aliphatic heterocycles. The van der Waals surface area contributed by atoms with Crippen LogP contribution in [0.5, 0.6) is 5.75 Å². The van der Waals surface area contributed by atoms with E-state index in [-0.39, 0.29) is 23.1 Å². The summed E-state index contributed by atoms with van der Waals surface area (Å²) in [5.41, 5.74) is 4.68. The molecule has 0 radical (unpaired) electrons. The average Bonchev–Trinajstić information content (AvgIpc) is 3.19. The van der Waals surface area contributed by atoms with Gasteiger partial charge < -0.3 is 19.6 Å². The van der Waals surface area contributed by atoms with Crippen LogP contribution in [0.4, 0.5) is 0 Å². The van der Waals surface area contributed by atoms with Gasteiger partial charge in [0.05, 0.1) is 13.2 Å². The minimum Gasteiger partial charge on any atom is -0.497 e. The third kappa shape index (κ3) is 3.20.